The van der Waals surface area contributed by atoms with Crippen LogP contribution < -0.4 is 4.74 Å². The maximum absolute atomic E-state index is 9.87. The lowest BCUT2D eigenvalue weighted by atomic mass is 10.1. The number of ether oxygens (including phenoxy) is 1. The Morgan fingerprint density at radius 1 is 1.28 bits per heavy atom. The molecule has 0 saturated carbocycles. The van der Waals surface area contributed by atoms with Gasteiger partial charge in [-0.3, -0.25) is 0 Å². The van der Waals surface area contributed by atoms with Crippen LogP contribution in [-0.2, 0) is 0 Å². The number of benzene rings is 2. The minimum Gasteiger partial charge on any atom is -0.504 e. The first-order chi connectivity index (χ1) is 12.1. The second-order valence-corrected chi connectivity index (χ2v) is 6.92. The van der Waals surface area contributed by atoms with Crippen LogP contribution in [0.3, 0.4) is 0 Å². The fourth-order valence-electron chi connectivity index (χ4n) is 2.26. The first-order valence-electron chi connectivity index (χ1n) is 7.31. The second kappa shape index (κ2) is 7.51. The first-order valence-corrected chi connectivity index (χ1v) is 8.98. The number of phenols is 1. The fourth-order valence-corrected chi connectivity index (χ4v) is 3.31. The zero-order chi connectivity index (χ0) is 17.8. The summed E-state index contributed by atoms with van der Waals surface area (Å²) in [6, 6.07) is 15.0. The number of phenolic OH excluding ortho intramolecular Hbond substituents is 1. The number of methoxy groups -OCH3 is 1. The van der Waals surface area contributed by atoms with Crippen molar-refractivity contribution in [2.75, 3.05) is 7.11 Å². The van der Waals surface area contributed by atoms with Crippen molar-refractivity contribution in [3.63, 3.8) is 0 Å². The largest absolute Gasteiger partial charge is 0.504 e. The average molecular weight is 413 g/mol. The molecule has 1 heterocycles. The SMILES string of the molecule is COc1ccc(/C=C(\C#N)c2nc(-c3ccc(Br)cc3)cs2)cc1O. The van der Waals surface area contributed by atoms with Crippen molar-refractivity contribution in [3.8, 4) is 28.8 Å². The standard InChI is InChI=1S/C19H13BrN2O2S/c1-24-18-7-2-12(9-17(18)23)8-14(10-21)19-22-16(11-25-19)13-3-5-15(20)6-4-13/h2-9,11,23H,1H3/b14-8+. The Hall–Kier alpha value is -2.62. The highest BCUT2D eigenvalue weighted by Crippen LogP contribution is 2.30. The van der Waals surface area contributed by atoms with Gasteiger partial charge in [0.05, 0.1) is 18.4 Å². The number of hydrogen-bond donors (Lipinski definition) is 1. The van der Waals surface area contributed by atoms with Crippen LogP contribution in [0, 0.1) is 11.3 Å². The smallest absolute Gasteiger partial charge is 0.160 e. The molecule has 25 heavy (non-hydrogen) atoms. The van der Waals surface area contributed by atoms with Crippen molar-refractivity contribution >= 4 is 38.9 Å². The van der Waals surface area contributed by atoms with Gasteiger partial charge in [-0.1, -0.05) is 34.1 Å². The molecule has 0 aliphatic heterocycles. The summed E-state index contributed by atoms with van der Waals surface area (Å²) in [6.45, 7) is 0. The third kappa shape index (κ3) is 3.90. The molecule has 6 heteroatoms. The number of allylic oxidation sites excluding steroid dienone is 1. The summed E-state index contributed by atoms with van der Waals surface area (Å²) in [7, 11) is 1.49. The summed E-state index contributed by atoms with van der Waals surface area (Å²) in [5.41, 5.74) is 2.96. The molecule has 3 rings (SSSR count). The number of nitriles is 1. The molecule has 2 aromatic carbocycles. The summed E-state index contributed by atoms with van der Waals surface area (Å²) in [5, 5.41) is 21.9. The minimum absolute atomic E-state index is 0.0308. The zero-order valence-electron chi connectivity index (χ0n) is 13.2. The molecule has 3 aromatic rings. The molecular weight excluding hydrogens is 400 g/mol. The van der Waals surface area contributed by atoms with Gasteiger partial charge in [0, 0.05) is 15.4 Å². The van der Waals surface area contributed by atoms with Crippen molar-refractivity contribution < 1.29 is 9.84 Å². The summed E-state index contributed by atoms with van der Waals surface area (Å²) in [5.74, 6) is 0.422. The molecule has 0 fully saturated rings. The molecule has 0 aliphatic rings. The van der Waals surface area contributed by atoms with Crippen LogP contribution in [0.5, 0.6) is 11.5 Å². The Labute approximate surface area is 157 Å². The third-order valence-electron chi connectivity index (χ3n) is 3.51. The van der Waals surface area contributed by atoms with E-state index in [2.05, 4.69) is 27.0 Å². The maximum atomic E-state index is 9.87. The molecule has 1 N–H and O–H groups in total. The van der Waals surface area contributed by atoms with Gasteiger partial charge >= 0.3 is 0 Å². The summed E-state index contributed by atoms with van der Waals surface area (Å²) < 4.78 is 6.03. The van der Waals surface area contributed by atoms with Crippen LogP contribution in [-0.4, -0.2) is 17.2 Å². The van der Waals surface area contributed by atoms with E-state index in [9.17, 15) is 10.4 Å². The molecule has 0 saturated heterocycles. The molecule has 0 atom stereocenters. The molecule has 0 spiro atoms. The van der Waals surface area contributed by atoms with Crippen LogP contribution in [0.4, 0.5) is 0 Å². The van der Waals surface area contributed by atoms with E-state index in [4.69, 9.17) is 4.74 Å². The van der Waals surface area contributed by atoms with Gasteiger partial charge in [0.15, 0.2) is 11.5 Å². The predicted molar refractivity (Wildman–Crippen MR) is 103 cm³/mol. The molecule has 0 unspecified atom stereocenters. The Bertz CT molecular complexity index is 972. The number of thiazole rings is 1. The summed E-state index contributed by atoms with van der Waals surface area (Å²) in [6.07, 6.45) is 1.70. The number of aromatic hydroxyl groups is 1. The van der Waals surface area contributed by atoms with Crippen LogP contribution in [0.2, 0.25) is 0 Å². The van der Waals surface area contributed by atoms with Crippen molar-refractivity contribution in [1.29, 1.82) is 5.26 Å². The molecule has 0 aliphatic carbocycles. The van der Waals surface area contributed by atoms with E-state index in [0.717, 1.165) is 15.7 Å². The molecule has 0 amide bonds. The molecule has 0 bridgehead atoms. The normalized spacial score (nSPS) is 11.2. The fraction of sp³-hybridized carbons (Fsp3) is 0.0526. The van der Waals surface area contributed by atoms with E-state index in [0.29, 0.717) is 21.9 Å². The average Bonchev–Trinajstić information content (AvgIpc) is 3.10. The second-order valence-electron chi connectivity index (χ2n) is 5.15. The highest BCUT2D eigenvalue weighted by Gasteiger charge is 2.10. The van der Waals surface area contributed by atoms with Crippen molar-refractivity contribution in [2.45, 2.75) is 0 Å². The number of halogens is 1. The van der Waals surface area contributed by atoms with Crippen LogP contribution in [0.15, 0.2) is 52.3 Å². The lowest BCUT2D eigenvalue weighted by molar-refractivity contribution is 0.373. The van der Waals surface area contributed by atoms with Crippen LogP contribution in [0.1, 0.15) is 10.6 Å². The number of rotatable bonds is 4. The van der Waals surface area contributed by atoms with Gasteiger partial charge < -0.3 is 9.84 Å². The Morgan fingerprint density at radius 3 is 2.68 bits per heavy atom. The monoisotopic (exact) mass is 412 g/mol. The van der Waals surface area contributed by atoms with Gasteiger partial charge in [0.2, 0.25) is 0 Å². The van der Waals surface area contributed by atoms with Gasteiger partial charge in [-0.05, 0) is 35.9 Å². The molecule has 1 aromatic heterocycles. The Morgan fingerprint density at radius 2 is 2.04 bits per heavy atom. The van der Waals surface area contributed by atoms with E-state index in [1.807, 2.05) is 29.6 Å². The van der Waals surface area contributed by atoms with Gasteiger partial charge in [-0.2, -0.15) is 5.26 Å². The molecule has 124 valence electrons. The van der Waals surface area contributed by atoms with E-state index in [1.165, 1.54) is 18.4 Å². The van der Waals surface area contributed by atoms with Crippen molar-refractivity contribution in [1.82, 2.24) is 4.98 Å². The zero-order valence-corrected chi connectivity index (χ0v) is 15.6. The van der Waals surface area contributed by atoms with Crippen LogP contribution >= 0.6 is 27.3 Å². The Balaban J connectivity index is 1.92. The van der Waals surface area contributed by atoms with Crippen LogP contribution in [0.25, 0.3) is 22.9 Å². The minimum atomic E-state index is 0.0308. The number of hydrogen-bond acceptors (Lipinski definition) is 5. The number of aromatic nitrogens is 1. The van der Waals surface area contributed by atoms with Gasteiger partial charge in [-0.15, -0.1) is 11.3 Å². The van der Waals surface area contributed by atoms with E-state index >= 15 is 0 Å². The third-order valence-corrected chi connectivity index (χ3v) is 4.91. The van der Waals surface area contributed by atoms with E-state index < -0.39 is 0 Å². The molecule has 0 radical (unpaired) electrons. The van der Waals surface area contributed by atoms with Gasteiger partial charge in [0.1, 0.15) is 11.1 Å². The molecular formula is C19H13BrN2O2S. The quantitative estimate of drug-likeness (QED) is 0.586. The van der Waals surface area contributed by atoms with Gasteiger partial charge in [-0.25, -0.2) is 4.98 Å². The Kier molecular flexibility index (Phi) is 5.17. The first kappa shape index (κ1) is 17.2. The van der Waals surface area contributed by atoms with Crippen molar-refractivity contribution in [3.05, 3.63) is 62.9 Å². The lowest BCUT2D eigenvalue weighted by Crippen LogP contribution is -1.85. The maximum Gasteiger partial charge on any atom is 0.160 e. The molecule has 4 nitrogen and oxygen atoms in total. The predicted octanol–water partition coefficient (Wildman–Crippen LogP) is 5.35. The summed E-state index contributed by atoms with van der Waals surface area (Å²) >= 11 is 4.82. The number of nitrogens with zero attached hydrogens (tertiary/aromatic N) is 2. The van der Waals surface area contributed by atoms with Gasteiger partial charge in [0.25, 0.3) is 0 Å². The van der Waals surface area contributed by atoms with E-state index in [-0.39, 0.29) is 5.75 Å². The van der Waals surface area contributed by atoms with Crippen molar-refractivity contribution in [2.24, 2.45) is 0 Å². The highest BCUT2D eigenvalue weighted by molar-refractivity contribution is 9.10. The highest BCUT2D eigenvalue weighted by atomic mass is 79.9. The lowest BCUT2D eigenvalue weighted by Gasteiger charge is -2.03. The summed E-state index contributed by atoms with van der Waals surface area (Å²) in [4.78, 5) is 4.56. The van der Waals surface area contributed by atoms with E-state index in [1.54, 1.807) is 24.3 Å². The topological polar surface area (TPSA) is 66.1 Å².